The predicted octanol–water partition coefficient (Wildman–Crippen LogP) is 4.63. The Morgan fingerprint density at radius 3 is 2.10 bits per heavy atom. The fraction of sp³-hybridized carbons (Fsp3) is 0.318. The van der Waals surface area contributed by atoms with Crippen LogP contribution < -0.4 is 5.44 Å². The van der Waals surface area contributed by atoms with Crippen molar-refractivity contribution in [3.63, 3.8) is 0 Å². The van der Waals surface area contributed by atoms with E-state index in [-0.39, 0.29) is 37.8 Å². The second-order valence-corrected chi connectivity index (χ2v) is 11.5. The van der Waals surface area contributed by atoms with Crippen LogP contribution in [0.3, 0.4) is 0 Å². The molecule has 0 aliphatic carbocycles. The Balaban J connectivity index is 0.00000341. The quantitative estimate of drug-likeness (QED) is 0.260. The number of rotatable bonds is 4. The van der Waals surface area contributed by atoms with Crippen LogP contribution >= 0.6 is 7.37 Å². The molecule has 0 saturated heterocycles. The van der Waals surface area contributed by atoms with Crippen molar-refractivity contribution in [2.45, 2.75) is 45.2 Å². The van der Waals surface area contributed by atoms with Crippen LogP contribution in [0.2, 0.25) is 0 Å². The van der Waals surface area contributed by atoms with Crippen LogP contribution in [0.15, 0.2) is 42.5 Å². The number of halogens is 2. The molecule has 0 radical (unpaired) electrons. The summed E-state index contributed by atoms with van der Waals surface area (Å²) in [6, 6.07) is 13.5. The van der Waals surface area contributed by atoms with Crippen LogP contribution in [0, 0.1) is 18.0 Å². The first-order valence-electron chi connectivity index (χ1n) is 9.36. The zero-order valence-corrected chi connectivity index (χ0v) is 20.9. The Labute approximate surface area is 195 Å². The number of aromatic nitrogens is 3. The number of hydrogen-bond acceptors (Lipinski definition) is 4. The molecule has 0 saturated carbocycles. The molecule has 1 atom stereocenters. The summed E-state index contributed by atoms with van der Waals surface area (Å²) in [4.78, 5) is 22.8. The normalized spacial score (nSPS) is 13.9. The molecule has 0 spiro atoms. The molecule has 0 bridgehead atoms. The third-order valence-corrected chi connectivity index (χ3v) is 7.68. The molecular weight excluding hydrogens is 602 g/mol. The van der Waals surface area contributed by atoms with Gasteiger partial charge < -0.3 is 9.88 Å². The summed E-state index contributed by atoms with van der Waals surface area (Å²) < 4.78 is 40.2. The van der Waals surface area contributed by atoms with Gasteiger partial charge in [0.15, 0.2) is 0 Å². The van der Waals surface area contributed by atoms with Crippen molar-refractivity contribution in [3.05, 3.63) is 71.8 Å². The van der Waals surface area contributed by atoms with E-state index in [0.29, 0.717) is 11.4 Å². The van der Waals surface area contributed by atoms with Gasteiger partial charge in [0.05, 0.1) is 5.69 Å². The molecule has 3 rings (SSSR count). The molecule has 3 heterocycles. The first-order chi connectivity index (χ1) is 13.8. The average Bonchev–Trinajstić information content (AvgIpc) is 2.67. The van der Waals surface area contributed by atoms with Crippen molar-refractivity contribution in [2.75, 3.05) is 0 Å². The summed E-state index contributed by atoms with van der Waals surface area (Å²) in [6.07, 6.45) is 0. The van der Waals surface area contributed by atoms with E-state index in [1.165, 1.54) is 0 Å². The third kappa shape index (κ3) is 5.00. The second-order valence-electron chi connectivity index (χ2n) is 8.55. The van der Waals surface area contributed by atoms with Gasteiger partial charge >= 0.3 is 0 Å². The van der Waals surface area contributed by atoms with E-state index in [1.807, 2.05) is 13.8 Å². The van der Waals surface area contributed by atoms with Crippen LogP contribution in [0.4, 0.5) is 8.78 Å². The van der Waals surface area contributed by atoms with Gasteiger partial charge in [-0.2, -0.15) is 0 Å². The molecule has 0 aliphatic rings. The minimum absolute atomic E-state index is 0. The molecule has 0 aromatic carbocycles. The smallest absolute Gasteiger partial charge is 0.252 e. The third-order valence-electron chi connectivity index (χ3n) is 4.99. The first-order valence-corrected chi connectivity index (χ1v) is 11.0. The average molecular weight is 625 g/mol. The van der Waals surface area contributed by atoms with Gasteiger partial charge in [0.2, 0.25) is 0 Å². The molecule has 5 nitrogen and oxygen atoms in total. The minimum Gasteiger partial charge on any atom is -0.340 e. The molecule has 9 heteroatoms. The van der Waals surface area contributed by atoms with Crippen molar-refractivity contribution in [2.24, 2.45) is 0 Å². The zero-order chi connectivity index (χ0) is 22.3. The van der Waals surface area contributed by atoms with Crippen LogP contribution in [-0.4, -0.2) is 25.0 Å². The largest absolute Gasteiger partial charge is 0.340 e. The molecule has 0 amide bonds. The van der Waals surface area contributed by atoms with Crippen molar-refractivity contribution in [1.29, 1.82) is 0 Å². The van der Waals surface area contributed by atoms with Gasteiger partial charge in [-0.1, -0.05) is 50.6 Å². The maximum Gasteiger partial charge on any atom is 0.252 e. The molecule has 3 aromatic heterocycles. The zero-order valence-electron chi connectivity index (χ0n) is 17.8. The first kappa shape index (κ1) is 25.4. The maximum absolute atomic E-state index is 14.1. The molecule has 0 fully saturated rings. The van der Waals surface area contributed by atoms with Crippen molar-refractivity contribution < 1.29 is 39.3 Å². The van der Waals surface area contributed by atoms with Crippen LogP contribution in [-0.2, 0) is 31.0 Å². The Morgan fingerprint density at radius 2 is 1.52 bits per heavy atom. The topological polar surface area (TPSA) is 76.0 Å². The number of nitrogens with zero attached hydrogens (tertiary/aromatic N) is 3. The summed E-state index contributed by atoms with van der Waals surface area (Å²) in [7, 11) is -3.72. The molecule has 3 aromatic rings. The van der Waals surface area contributed by atoms with Gasteiger partial charge in [-0.05, 0) is 37.7 Å². The van der Waals surface area contributed by atoms with E-state index in [0.717, 1.165) is 6.07 Å². The summed E-state index contributed by atoms with van der Waals surface area (Å²) >= 11 is 0. The molecular formula is C22H23F2N3O2PPt-. The van der Waals surface area contributed by atoms with E-state index < -0.39 is 29.8 Å². The van der Waals surface area contributed by atoms with E-state index in [4.69, 9.17) is 0 Å². The van der Waals surface area contributed by atoms with Crippen LogP contribution in [0.1, 0.15) is 46.0 Å². The number of pyridine rings is 3. The summed E-state index contributed by atoms with van der Waals surface area (Å²) in [5.74, 6) is -1.95. The van der Waals surface area contributed by atoms with Gasteiger partial charge in [0.1, 0.15) is 17.3 Å². The molecule has 0 aliphatic heterocycles. The summed E-state index contributed by atoms with van der Waals surface area (Å²) in [5.41, 5.74) is 0.690. The van der Waals surface area contributed by atoms with Crippen molar-refractivity contribution in [1.82, 2.24) is 15.0 Å². The second kappa shape index (κ2) is 8.97. The fourth-order valence-electron chi connectivity index (χ4n) is 2.89. The van der Waals surface area contributed by atoms with Gasteiger partial charge in [-0.25, -0.2) is 13.8 Å². The van der Waals surface area contributed by atoms with Crippen molar-refractivity contribution in [3.8, 4) is 11.3 Å². The maximum atomic E-state index is 14.1. The standard InChI is InChI=1S/C22H23F2N3O2P.Pt/c1-21(2,3)30(28,29)19-11-7-10-17(26-19)22(4,5)16-9-6-8-15(25-16)14-12-13-18(23)27-20(14)24;/h6-11,13H,1-5H3,(H,28,29);/q-1;. The SMILES string of the molecule is CC(C)(c1cccc(-c2[c-]cc(F)nc2F)n1)c1cccc(P(=O)(O)C(C)(C)C)n1.[Pt]. The Hall–Kier alpha value is -1.81. The molecule has 1 N–H and O–H groups in total. The summed E-state index contributed by atoms with van der Waals surface area (Å²) in [6.45, 7) is 8.82. The molecule has 31 heavy (non-hydrogen) atoms. The Morgan fingerprint density at radius 1 is 0.935 bits per heavy atom. The number of hydrogen-bond donors (Lipinski definition) is 1. The van der Waals surface area contributed by atoms with E-state index in [1.54, 1.807) is 57.2 Å². The van der Waals surface area contributed by atoms with Crippen molar-refractivity contribution >= 4 is 12.8 Å². The van der Waals surface area contributed by atoms with E-state index in [9.17, 15) is 18.2 Å². The molecule has 168 valence electrons. The Kier molecular flexibility index (Phi) is 7.37. The Bertz CT molecular complexity index is 1150. The fourth-order valence-corrected chi connectivity index (χ4v) is 4.11. The predicted molar refractivity (Wildman–Crippen MR) is 112 cm³/mol. The minimum atomic E-state index is -3.72. The van der Waals surface area contributed by atoms with E-state index in [2.05, 4.69) is 21.0 Å². The molecule has 1 unspecified atom stereocenters. The van der Waals surface area contributed by atoms with Gasteiger partial charge in [-0.3, -0.25) is 9.55 Å². The monoisotopic (exact) mass is 625 g/mol. The van der Waals surface area contributed by atoms with Gasteiger partial charge in [0.25, 0.3) is 7.37 Å². The summed E-state index contributed by atoms with van der Waals surface area (Å²) in [5, 5.41) is -0.857. The van der Waals surface area contributed by atoms with Crippen LogP contribution in [0.5, 0.6) is 0 Å². The van der Waals surface area contributed by atoms with E-state index >= 15 is 0 Å². The van der Waals surface area contributed by atoms with Gasteiger partial charge in [-0.15, -0.1) is 6.07 Å². The van der Waals surface area contributed by atoms with Crippen LogP contribution in [0.25, 0.3) is 11.3 Å². The van der Waals surface area contributed by atoms with Gasteiger partial charge in [0, 0.05) is 37.3 Å².